The molecule has 1 N–H and O–H groups in total. The topological polar surface area (TPSA) is 66.7 Å². The van der Waals surface area contributed by atoms with E-state index in [0.29, 0.717) is 0 Å². The van der Waals surface area contributed by atoms with Crippen molar-refractivity contribution < 1.29 is 14.1 Å². The Morgan fingerprint density at radius 1 is 1.29 bits per heavy atom. The second-order valence-corrected chi connectivity index (χ2v) is 4.51. The smallest absolute Gasteiger partial charge is 0.250 e. The molecular weight excluding hydrogens is 202 g/mol. The zero-order chi connectivity index (χ0) is 12.2. The van der Waals surface area contributed by atoms with E-state index in [2.05, 4.69) is 4.36 Å². The molecule has 0 aromatic carbocycles. The maximum Gasteiger partial charge on any atom is 0.250 e. The second kappa shape index (κ2) is 12.6. The molecule has 0 aromatic heterocycles. The fraction of sp³-hybridized carbons (Fsp3) is 0.889. The molecule has 0 rings (SSSR count). The van der Waals surface area contributed by atoms with Crippen LogP contribution in [0.4, 0.5) is 0 Å². The molecule has 0 aliphatic heterocycles. The Balaban J connectivity index is -0.000000266. The Bertz CT molecular complexity index is 230. The number of aliphatic hydroxyl groups excluding tert-OH is 1. The first-order chi connectivity index (χ1) is 6.48. The summed E-state index contributed by atoms with van der Waals surface area (Å²) in [5.41, 5.74) is 0. The Kier molecular flexibility index (Phi) is 17.3. The van der Waals surface area contributed by atoms with Crippen molar-refractivity contribution in [1.82, 2.24) is 0 Å². The summed E-state index contributed by atoms with van der Waals surface area (Å²) in [7, 11) is -2.46. The highest BCUT2D eigenvalue weighted by Crippen LogP contribution is 1.90. The summed E-state index contributed by atoms with van der Waals surface area (Å²) < 4.78 is 14.4. The lowest BCUT2D eigenvalue weighted by molar-refractivity contribution is -0.115. The quantitative estimate of drug-likeness (QED) is 0.777. The van der Waals surface area contributed by atoms with E-state index in [1.165, 1.54) is 13.2 Å². The van der Waals surface area contributed by atoms with Gasteiger partial charge in [-0.3, -0.25) is 4.79 Å². The molecule has 88 valence electrons. The van der Waals surface area contributed by atoms with Gasteiger partial charge in [0.2, 0.25) is 0 Å². The van der Waals surface area contributed by atoms with Crippen LogP contribution in [0.2, 0.25) is 0 Å². The van der Waals surface area contributed by atoms with Gasteiger partial charge in [-0.1, -0.05) is 27.7 Å². The van der Waals surface area contributed by atoms with Gasteiger partial charge in [0.15, 0.2) is 0 Å². The first-order valence-electron chi connectivity index (χ1n) is 4.79. The predicted molar refractivity (Wildman–Crippen MR) is 61.8 cm³/mol. The molecule has 1 unspecified atom stereocenters. The zero-order valence-corrected chi connectivity index (χ0v) is 10.8. The minimum Gasteiger partial charge on any atom is -0.395 e. The van der Waals surface area contributed by atoms with E-state index < -0.39 is 15.6 Å². The molecule has 0 heterocycles. The standard InChI is InChI=1S/C5H11NO3S.2C2H6/c1-5(8)6-10(2,9)4-3-7;2*1-2/h7H,3-4H2,1-2H3;2*1-2H3. The number of nitrogens with zero attached hydrogens (tertiary/aromatic N) is 1. The minimum atomic E-state index is -2.46. The van der Waals surface area contributed by atoms with E-state index >= 15 is 0 Å². The summed E-state index contributed by atoms with van der Waals surface area (Å²) in [6, 6.07) is 0. The maximum absolute atomic E-state index is 11.0. The van der Waals surface area contributed by atoms with Crippen molar-refractivity contribution in [2.45, 2.75) is 34.6 Å². The molecule has 0 saturated carbocycles. The Hall–Kier alpha value is -0.420. The van der Waals surface area contributed by atoms with E-state index in [1.807, 2.05) is 27.7 Å². The lowest BCUT2D eigenvalue weighted by Gasteiger charge is -1.96. The van der Waals surface area contributed by atoms with Crippen molar-refractivity contribution in [3.05, 3.63) is 0 Å². The predicted octanol–water partition coefficient (Wildman–Crippen LogP) is 1.68. The molecule has 1 atom stereocenters. The Labute approximate surface area is 87.9 Å². The number of amides is 1. The van der Waals surface area contributed by atoms with E-state index in [-0.39, 0.29) is 12.4 Å². The highest BCUT2D eigenvalue weighted by molar-refractivity contribution is 7.93. The van der Waals surface area contributed by atoms with Crippen molar-refractivity contribution in [2.24, 2.45) is 4.36 Å². The third-order valence-corrected chi connectivity index (χ3v) is 2.38. The molecule has 0 aromatic rings. The van der Waals surface area contributed by atoms with Crippen molar-refractivity contribution in [2.75, 3.05) is 18.6 Å². The van der Waals surface area contributed by atoms with Crippen LogP contribution in [0.1, 0.15) is 34.6 Å². The van der Waals surface area contributed by atoms with Gasteiger partial charge in [0.1, 0.15) is 0 Å². The molecule has 0 radical (unpaired) electrons. The van der Waals surface area contributed by atoms with Gasteiger partial charge in [-0.2, -0.15) is 4.36 Å². The zero-order valence-electron chi connectivity index (χ0n) is 10.0. The third kappa shape index (κ3) is 17.6. The molecule has 0 aliphatic carbocycles. The van der Waals surface area contributed by atoms with Gasteiger partial charge in [0.25, 0.3) is 5.91 Å². The van der Waals surface area contributed by atoms with E-state index in [4.69, 9.17) is 5.11 Å². The van der Waals surface area contributed by atoms with Crippen LogP contribution in [0.15, 0.2) is 4.36 Å². The normalized spacial score (nSPS) is 12.2. The van der Waals surface area contributed by atoms with Crippen LogP contribution in [-0.4, -0.2) is 33.8 Å². The van der Waals surface area contributed by atoms with Crippen LogP contribution in [0.3, 0.4) is 0 Å². The second-order valence-electron chi connectivity index (χ2n) is 2.00. The van der Waals surface area contributed by atoms with Gasteiger partial charge in [-0.05, 0) is 0 Å². The van der Waals surface area contributed by atoms with Crippen molar-refractivity contribution in [3.8, 4) is 0 Å². The number of rotatable bonds is 2. The summed E-state index contributed by atoms with van der Waals surface area (Å²) in [5.74, 6) is -0.395. The summed E-state index contributed by atoms with van der Waals surface area (Å²) in [4.78, 5) is 10.3. The number of hydrogen-bond acceptors (Lipinski definition) is 3. The Morgan fingerprint density at radius 2 is 1.64 bits per heavy atom. The van der Waals surface area contributed by atoms with Gasteiger partial charge in [-0.15, -0.1) is 0 Å². The van der Waals surface area contributed by atoms with Crippen molar-refractivity contribution in [1.29, 1.82) is 0 Å². The molecule has 0 aliphatic rings. The van der Waals surface area contributed by atoms with Gasteiger partial charge in [0, 0.05) is 13.2 Å². The highest BCUT2D eigenvalue weighted by atomic mass is 32.2. The highest BCUT2D eigenvalue weighted by Gasteiger charge is 2.00. The maximum atomic E-state index is 11.0. The van der Waals surface area contributed by atoms with Gasteiger partial charge in [-0.25, -0.2) is 4.21 Å². The summed E-state index contributed by atoms with van der Waals surface area (Å²) in [6.45, 7) is 9.03. The average Bonchev–Trinajstić information content (AvgIpc) is 2.09. The van der Waals surface area contributed by atoms with Gasteiger partial charge < -0.3 is 5.11 Å². The van der Waals surface area contributed by atoms with Crippen molar-refractivity contribution >= 4 is 15.6 Å². The van der Waals surface area contributed by atoms with Crippen LogP contribution in [0.25, 0.3) is 0 Å². The third-order valence-electron chi connectivity index (χ3n) is 0.792. The van der Waals surface area contributed by atoms with Crippen LogP contribution in [0.5, 0.6) is 0 Å². The van der Waals surface area contributed by atoms with E-state index in [0.717, 1.165) is 0 Å². The number of hydrogen-bond donors (Lipinski definition) is 1. The molecular formula is C9H23NO3S. The molecule has 0 fully saturated rings. The summed E-state index contributed by atoms with van der Waals surface area (Å²) >= 11 is 0. The van der Waals surface area contributed by atoms with Crippen LogP contribution in [-0.2, 0) is 14.5 Å². The molecule has 0 bridgehead atoms. The SMILES string of the molecule is CC.CC.CC(=O)N=S(C)(=O)CCO. The lowest BCUT2D eigenvalue weighted by atomic mass is 10.8. The van der Waals surface area contributed by atoms with Crippen LogP contribution >= 0.6 is 0 Å². The molecule has 1 amide bonds. The fourth-order valence-electron chi connectivity index (χ4n) is 0.487. The number of carbonyl (C=O) groups is 1. The summed E-state index contributed by atoms with van der Waals surface area (Å²) in [6.07, 6.45) is 1.35. The first kappa shape index (κ1) is 19.2. The molecule has 4 nitrogen and oxygen atoms in total. The monoisotopic (exact) mass is 225 g/mol. The van der Waals surface area contributed by atoms with Gasteiger partial charge >= 0.3 is 0 Å². The van der Waals surface area contributed by atoms with Crippen LogP contribution in [0, 0.1) is 0 Å². The first-order valence-corrected chi connectivity index (χ1v) is 6.88. The van der Waals surface area contributed by atoms with Gasteiger partial charge in [0.05, 0.1) is 22.1 Å². The molecule has 0 spiro atoms. The summed E-state index contributed by atoms with van der Waals surface area (Å²) in [5, 5.41) is 8.36. The molecule has 14 heavy (non-hydrogen) atoms. The largest absolute Gasteiger partial charge is 0.395 e. The molecule has 5 heteroatoms. The number of aliphatic hydroxyl groups is 1. The van der Waals surface area contributed by atoms with E-state index in [9.17, 15) is 9.00 Å². The Morgan fingerprint density at radius 3 is 1.86 bits per heavy atom. The van der Waals surface area contributed by atoms with Crippen molar-refractivity contribution in [3.63, 3.8) is 0 Å². The lowest BCUT2D eigenvalue weighted by Crippen LogP contribution is -2.08. The van der Waals surface area contributed by atoms with E-state index in [1.54, 1.807) is 0 Å². The van der Waals surface area contributed by atoms with Crippen LogP contribution < -0.4 is 0 Å². The fourth-order valence-corrected chi connectivity index (χ4v) is 1.46. The average molecular weight is 225 g/mol. The number of carbonyl (C=O) groups excluding carboxylic acids is 1. The molecule has 0 saturated heterocycles. The minimum absolute atomic E-state index is 0.0621.